The maximum atomic E-state index is 12.2. The molecule has 1 aliphatic heterocycles. The molecule has 20 heavy (non-hydrogen) atoms. The summed E-state index contributed by atoms with van der Waals surface area (Å²) in [7, 11) is -1.89. The molecule has 0 saturated carbocycles. The lowest BCUT2D eigenvalue weighted by atomic mass is 10.0. The molecule has 6 nitrogen and oxygen atoms in total. The minimum Gasteiger partial charge on any atom is -0.339 e. The molecule has 0 amide bonds. The Labute approximate surface area is 117 Å². The number of hydrogen-bond donors (Lipinski definition) is 2. The van der Waals surface area contributed by atoms with Gasteiger partial charge < -0.3 is 9.88 Å². The van der Waals surface area contributed by atoms with Gasteiger partial charge in [-0.05, 0) is 36.2 Å². The lowest BCUT2D eigenvalue weighted by Crippen LogP contribution is -2.23. The zero-order chi connectivity index (χ0) is 14.2. The van der Waals surface area contributed by atoms with Crippen LogP contribution in [0.15, 0.2) is 35.7 Å². The number of aromatic nitrogens is 2. The van der Waals surface area contributed by atoms with Crippen LogP contribution < -0.4 is 10.0 Å². The fourth-order valence-electron chi connectivity index (χ4n) is 2.28. The molecule has 1 aromatic heterocycles. The Morgan fingerprint density at radius 2 is 2.20 bits per heavy atom. The van der Waals surface area contributed by atoms with Crippen LogP contribution in [-0.2, 0) is 30.0 Å². The number of benzene rings is 1. The molecular weight excluding hydrogens is 276 g/mol. The number of fused-ring (bicyclic) bond motifs is 1. The summed E-state index contributed by atoms with van der Waals surface area (Å²) in [5.41, 5.74) is 2.97. The number of anilines is 1. The highest BCUT2D eigenvalue weighted by molar-refractivity contribution is 7.92. The highest BCUT2D eigenvalue weighted by Crippen LogP contribution is 2.21. The fourth-order valence-corrected chi connectivity index (χ4v) is 3.31. The van der Waals surface area contributed by atoms with Crippen molar-refractivity contribution >= 4 is 15.7 Å². The lowest BCUT2D eigenvalue weighted by Gasteiger charge is -2.18. The van der Waals surface area contributed by atoms with Crippen LogP contribution in [0.5, 0.6) is 0 Å². The highest BCUT2D eigenvalue weighted by atomic mass is 32.2. The predicted octanol–water partition coefficient (Wildman–Crippen LogP) is 0.867. The first-order valence-corrected chi connectivity index (χ1v) is 7.86. The van der Waals surface area contributed by atoms with Crippen molar-refractivity contribution in [3.05, 3.63) is 41.9 Å². The van der Waals surface area contributed by atoms with E-state index in [1.54, 1.807) is 17.7 Å². The number of nitrogens with zero attached hydrogens (tertiary/aromatic N) is 2. The van der Waals surface area contributed by atoms with E-state index < -0.39 is 10.0 Å². The summed E-state index contributed by atoms with van der Waals surface area (Å²) in [5.74, 6) is 0. The van der Waals surface area contributed by atoms with Gasteiger partial charge in [0.1, 0.15) is 0 Å². The van der Waals surface area contributed by atoms with Gasteiger partial charge in [-0.25, -0.2) is 4.98 Å². The molecule has 106 valence electrons. The Morgan fingerprint density at radius 3 is 2.95 bits per heavy atom. The van der Waals surface area contributed by atoms with Gasteiger partial charge in [0, 0.05) is 25.5 Å². The topological polar surface area (TPSA) is 76.0 Å². The average Bonchev–Trinajstić information content (AvgIpc) is 2.86. The number of sulfonamides is 1. The van der Waals surface area contributed by atoms with Crippen molar-refractivity contribution in [1.29, 1.82) is 0 Å². The van der Waals surface area contributed by atoms with Gasteiger partial charge in [-0.1, -0.05) is 6.07 Å². The van der Waals surface area contributed by atoms with Crippen LogP contribution >= 0.6 is 0 Å². The highest BCUT2D eigenvalue weighted by Gasteiger charge is 2.18. The zero-order valence-electron chi connectivity index (χ0n) is 11.1. The monoisotopic (exact) mass is 292 g/mol. The third kappa shape index (κ3) is 2.54. The van der Waals surface area contributed by atoms with Crippen LogP contribution in [0.2, 0.25) is 0 Å². The third-order valence-corrected chi connectivity index (χ3v) is 4.57. The molecule has 0 bridgehead atoms. The summed E-state index contributed by atoms with van der Waals surface area (Å²) in [5, 5.41) is 3.30. The molecule has 0 aliphatic carbocycles. The van der Waals surface area contributed by atoms with E-state index in [2.05, 4.69) is 15.0 Å². The molecule has 7 heteroatoms. The van der Waals surface area contributed by atoms with Crippen molar-refractivity contribution < 1.29 is 8.42 Å². The Kier molecular flexibility index (Phi) is 3.23. The van der Waals surface area contributed by atoms with Crippen LogP contribution in [0.3, 0.4) is 0 Å². The molecule has 3 rings (SSSR count). The van der Waals surface area contributed by atoms with Crippen molar-refractivity contribution in [2.75, 3.05) is 11.3 Å². The molecule has 2 N–H and O–H groups in total. The smallest absolute Gasteiger partial charge is 0.280 e. The molecule has 1 aliphatic rings. The molecule has 1 aromatic carbocycles. The normalized spacial score (nSPS) is 14.8. The number of rotatable bonds is 3. The van der Waals surface area contributed by atoms with Gasteiger partial charge in [0.15, 0.2) is 5.03 Å². The maximum Gasteiger partial charge on any atom is 0.280 e. The Hall–Kier alpha value is -1.86. The van der Waals surface area contributed by atoms with Crippen molar-refractivity contribution in [2.24, 2.45) is 7.05 Å². The molecular formula is C13H16N4O2S. The van der Waals surface area contributed by atoms with Crippen molar-refractivity contribution in [2.45, 2.75) is 18.0 Å². The minimum atomic E-state index is -3.62. The van der Waals surface area contributed by atoms with Crippen LogP contribution in [0.4, 0.5) is 5.69 Å². The van der Waals surface area contributed by atoms with Gasteiger partial charge in [-0.3, -0.25) is 4.72 Å². The molecule has 0 spiro atoms. The fraction of sp³-hybridized carbons (Fsp3) is 0.308. The lowest BCUT2D eigenvalue weighted by molar-refractivity contribution is 0.598. The molecule has 0 unspecified atom stereocenters. The maximum absolute atomic E-state index is 12.2. The van der Waals surface area contributed by atoms with Gasteiger partial charge in [-0.2, -0.15) is 8.42 Å². The molecule has 2 heterocycles. The number of aryl methyl sites for hydroxylation is 1. The third-order valence-electron chi connectivity index (χ3n) is 3.30. The van der Waals surface area contributed by atoms with Crippen LogP contribution in [-0.4, -0.2) is 24.5 Å². The minimum absolute atomic E-state index is 0.0239. The second kappa shape index (κ2) is 4.92. The Bertz CT molecular complexity index is 737. The van der Waals surface area contributed by atoms with Crippen LogP contribution in [0.25, 0.3) is 0 Å². The first kappa shape index (κ1) is 13.1. The predicted molar refractivity (Wildman–Crippen MR) is 75.9 cm³/mol. The number of nitrogens with one attached hydrogen (secondary N) is 2. The van der Waals surface area contributed by atoms with E-state index in [-0.39, 0.29) is 5.03 Å². The van der Waals surface area contributed by atoms with E-state index in [9.17, 15) is 8.42 Å². The Morgan fingerprint density at radius 1 is 1.35 bits per heavy atom. The average molecular weight is 292 g/mol. The van der Waals surface area contributed by atoms with Crippen LogP contribution in [0.1, 0.15) is 11.1 Å². The van der Waals surface area contributed by atoms with Crippen molar-refractivity contribution in [3.63, 3.8) is 0 Å². The molecule has 0 fully saturated rings. The van der Waals surface area contributed by atoms with E-state index in [0.717, 1.165) is 25.1 Å². The van der Waals surface area contributed by atoms with Crippen LogP contribution in [0, 0.1) is 0 Å². The second-order valence-corrected chi connectivity index (χ2v) is 6.52. The van der Waals surface area contributed by atoms with E-state index in [0.29, 0.717) is 5.69 Å². The van der Waals surface area contributed by atoms with Gasteiger partial charge in [0.05, 0.1) is 6.33 Å². The summed E-state index contributed by atoms with van der Waals surface area (Å²) < 4.78 is 28.5. The summed E-state index contributed by atoms with van der Waals surface area (Å²) >= 11 is 0. The quantitative estimate of drug-likeness (QED) is 0.880. The van der Waals surface area contributed by atoms with E-state index >= 15 is 0 Å². The standard InChI is InChI=1S/C13H16N4O2S/c1-17-8-13(15-9-17)20(18,19)16-12-3-2-10-4-5-14-7-11(10)6-12/h2-3,6,8-9,14,16H,4-5,7H2,1H3. The zero-order valence-corrected chi connectivity index (χ0v) is 11.9. The van der Waals surface area contributed by atoms with Crippen molar-refractivity contribution in [1.82, 2.24) is 14.9 Å². The largest absolute Gasteiger partial charge is 0.339 e. The SMILES string of the molecule is Cn1cnc(S(=O)(=O)Nc2ccc3c(c2)CNCC3)c1. The van der Waals surface area contributed by atoms with E-state index in [4.69, 9.17) is 0 Å². The number of hydrogen-bond acceptors (Lipinski definition) is 4. The number of imidazole rings is 1. The van der Waals surface area contributed by atoms with Gasteiger partial charge >= 0.3 is 0 Å². The summed E-state index contributed by atoms with van der Waals surface area (Å²) in [6.45, 7) is 1.74. The summed E-state index contributed by atoms with van der Waals surface area (Å²) in [6.07, 6.45) is 3.91. The van der Waals surface area contributed by atoms with Crippen molar-refractivity contribution in [3.8, 4) is 0 Å². The second-order valence-electron chi connectivity index (χ2n) is 4.89. The molecule has 2 aromatic rings. The molecule has 0 radical (unpaired) electrons. The van der Waals surface area contributed by atoms with E-state index in [1.165, 1.54) is 18.1 Å². The van der Waals surface area contributed by atoms with Gasteiger partial charge in [-0.15, -0.1) is 0 Å². The van der Waals surface area contributed by atoms with E-state index in [1.807, 2.05) is 12.1 Å². The first-order chi connectivity index (χ1) is 9.54. The Balaban J connectivity index is 1.87. The van der Waals surface area contributed by atoms with Gasteiger partial charge in [0.2, 0.25) is 0 Å². The molecule has 0 saturated heterocycles. The summed E-state index contributed by atoms with van der Waals surface area (Å²) in [4.78, 5) is 3.87. The van der Waals surface area contributed by atoms with Gasteiger partial charge in [0.25, 0.3) is 10.0 Å². The first-order valence-electron chi connectivity index (χ1n) is 6.38. The summed E-state index contributed by atoms with van der Waals surface area (Å²) in [6, 6.07) is 5.65. The molecule has 0 atom stereocenters.